The lowest BCUT2D eigenvalue weighted by molar-refractivity contribution is 0.0891. The second kappa shape index (κ2) is 6.76. The van der Waals surface area contributed by atoms with Crippen molar-refractivity contribution in [2.75, 3.05) is 20.8 Å². The number of nitrogens with one attached hydrogen (secondary N) is 2. The Morgan fingerprint density at radius 1 is 1.32 bits per heavy atom. The van der Waals surface area contributed by atoms with Crippen LogP contribution >= 0.6 is 0 Å². The molecule has 7 nitrogen and oxygen atoms in total. The van der Waals surface area contributed by atoms with Crippen molar-refractivity contribution in [2.24, 2.45) is 5.92 Å². The molecule has 1 aliphatic carbocycles. The molecule has 3 rings (SSSR count). The van der Waals surface area contributed by atoms with E-state index in [1.54, 1.807) is 14.2 Å². The third-order valence-electron chi connectivity index (χ3n) is 4.64. The first kappa shape index (κ1) is 17.3. The summed E-state index contributed by atoms with van der Waals surface area (Å²) in [6, 6.07) is 3.51. The van der Waals surface area contributed by atoms with Gasteiger partial charge in [-0.2, -0.15) is 5.10 Å². The van der Waals surface area contributed by atoms with Crippen LogP contribution in [0.2, 0.25) is 0 Å². The van der Waals surface area contributed by atoms with Crippen molar-refractivity contribution in [3.63, 3.8) is 0 Å². The van der Waals surface area contributed by atoms with Crippen molar-refractivity contribution in [2.45, 2.75) is 26.3 Å². The number of aromatic nitrogens is 2. The van der Waals surface area contributed by atoms with Crippen molar-refractivity contribution in [3.05, 3.63) is 29.0 Å². The van der Waals surface area contributed by atoms with Crippen molar-refractivity contribution >= 4 is 5.91 Å². The number of carbonyl (C=O) groups excluding carboxylic acids is 1. The average molecular weight is 345 g/mol. The maximum absolute atomic E-state index is 12.6. The standard InChI is InChI=1S/C18H23N3O4/c1-9(2)13(8-22)19-18(23)17-12-5-10-6-14(24-3)15(25-4)7-11(10)16(12)20-21-17/h6-7,9,13,22H,5,8H2,1-4H3,(H,19,23)(H,20,21)/t13-/m1/s1. The molecule has 3 N–H and O–H groups in total. The van der Waals surface area contributed by atoms with Crippen LogP contribution in [0.15, 0.2) is 12.1 Å². The van der Waals surface area contributed by atoms with Crippen molar-refractivity contribution in [1.29, 1.82) is 0 Å². The third kappa shape index (κ3) is 2.95. The average Bonchev–Trinajstić information content (AvgIpc) is 3.16. The molecular formula is C18H23N3O4. The van der Waals surface area contributed by atoms with Crippen molar-refractivity contribution in [3.8, 4) is 22.8 Å². The molecule has 0 saturated carbocycles. The summed E-state index contributed by atoms with van der Waals surface area (Å²) < 4.78 is 10.7. The Morgan fingerprint density at radius 3 is 2.60 bits per heavy atom. The molecule has 0 saturated heterocycles. The van der Waals surface area contributed by atoms with Gasteiger partial charge < -0.3 is 19.9 Å². The molecule has 1 aromatic carbocycles. The number of carbonyl (C=O) groups is 1. The summed E-state index contributed by atoms with van der Waals surface area (Å²) in [7, 11) is 3.18. The summed E-state index contributed by atoms with van der Waals surface area (Å²) in [5.74, 6) is 1.16. The van der Waals surface area contributed by atoms with E-state index in [4.69, 9.17) is 9.47 Å². The number of aromatic amines is 1. The SMILES string of the molecule is COc1cc2c(cc1OC)-c1n[nH]c(C(=O)N[C@H](CO)C(C)C)c1C2. The van der Waals surface area contributed by atoms with E-state index in [0.29, 0.717) is 23.6 Å². The lowest BCUT2D eigenvalue weighted by atomic mass is 10.0. The molecule has 0 fully saturated rings. The van der Waals surface area contributed by atoms with Crippen LogP contribution < -0.4 is 14.8 Å². The zero-order chi connectivity index (χ0) is 18.1. The topological polar surface area (TPSA) is 96.5 Å². The molecular weight excluding hydrogens is 322 g/mol. The number of amides is 1. The Balaban J connectivity index is 1.92. The largest absolute Gasteiger partial charge is 0.493 e. The van der Waals surface area contributed by atoms with Gasteiger partial charge in [0, 0.05) is 17.5 Å². The van der Waals surface area contributed by atoms with Crippen LogP contribution in [0, 0.1) is 5.92 Å². The molecule has 1 amide bonds. The van der Waals surface area contributed by atoms with Gasteiger partial charge in [0.2, 0.25) is 0 Å². The smallest absolute Gasteiger partial charge is 0.269 e. The number of aliphatic hydroxyl groups excluding tert-OH is 1. The predicted molar refractivity (Wildman–Crippen MR) is 93.1 cm³/mol. The summed E-state index contributed by atoms with van der Waals surface area (Å²) in [6.07, 6.45) is 0.593. The Kier molecular flexibility index (Phi) is 4.67. The first-order chi connectivity index (χ1) is 12.0. The molecule has 0 radical (unpaired) electrons. The van der Waals surface area contributed by atoms with Gasteiger partial charge in [0.15, 0.2) is 11.5 Å². The van der Waals surface area contributed by atoms with Crippen LogP contribution in [0.1, 0.15) is 35.5 Å². The molecule has 7 heteroatoms. The van der Waals surface area contributed by atoms with Crippen LogP contribution in [0.25, 0.3) is 11.3 Å². The fraction of sp³-hybridized carbons (Fsp3) is 0.444. The lowest BCUT2D eigenvalue weighted by Crippen LogP contribution is -2.41. The molecule has 2 aromatic rings. The van der Waals surface area contributed by atoms with Gasteiger partial charge in [0.1, 0.15) is 5.69 Å². The highest BCUT2D eigenvalue weighted by Gasteiger charge is 2.30. The van der Waals surface area contributed by atoms with Gasteiger partial charge in [-0.1, -0.05) is 13.8 Å². The highest BCUT2D eigenvalue weighted by atomic mass is 16.5. The number of H-pyrrole nitrogens is 1. The van der Waals surface area contributed by atoms with Gasteiger partial charge in [-0.15, -0.1) is 0 Å². The minimum atomic E-state index is -0.296. The molecule has 1 aromatic heterocycles. The number of benzene rings is 1. The lowest BCUT2D eigenvalue weighted by Gasteiger charge is -2.19. The van der Waals surface area contributed by atoms with Gasteiger partial charge in [0.25, 0.3) is 5.91 Å². The van der Waals surface area contributed by atoms with Gasteiger partial charge in [0.05, 0.1) is 32.6 Å². The van der Waals surface area contributed by atoms with E-state index in [-0.39, 0.29) is 24.5 Å². The molecule has 0 unspecified atom stereocenters. The van der Waals surface area contributed by atoms with Crippen LogP contribution in [-0.4, -0.2) is 48.1 Å². The Labute approximate surface area is 146 Å². The summed E-state index contributed by atoms with van der Waals surface area (Å²) >= 11 is 0. The Morgan fingerprint density at radius 2 is 2.00 bits per heavy atom. The number of fused-ring (bicyclic) bond motifs is 3. The first-order valence-electron chi connectivity index (χ1n) is 8.24. The van der Waals surface area contributed by atoms with E-state index in [1.165, 1.54) is 0 Å². The predicted octanol–water partition coefficient (Wildman–Crippen LogP) is 1.74. The van der Waals surface area contributed by atoms with Gasteiger partial charge in [-0.3, -0.25) is 9.89 Å². The van der Waals surface area contributed by atoms with Crippen molar-refractivity contribution < 1.29 is 19.4 Å². The molecule has 0 aliphatic heterocycles. The van der Waals surface area contributed by atoms with Crippen LogP contribution in [-0.2, 0) is 6.42 Å². The number of methoxy groups -OCH3 is 2. The van der Waals surface area contributed by atoms with Crippen LogP contribution in [0.5, 0.6) is 11.5 Å². The van der Waals surface area contributed by atoms with E-state index >= 15 is 0 Å². The molecule has 0 bridgehead atoms. The van der Waals surface area contributed by atoms with E-state index in [2.05, 4.69) is 15.5 Å². The second-order valence-electron chi connectivity index (χ2n) is 6.47. The summed E-state index contributed by atoms with van der Waals surface area (Å²) in [5.41, 5.74) is 4.02. The highest BCUT2D eigenvalue weighted by molar-refractivity contribution is 5.97. The van der Waals surface area contributed by atoms with Gasteiger partial charge in [-0.05, 0) is 23.6 Å². The highest BCUT2D eigenvalue weighted by Crippen LogP contribution is 2.42. The number of nitrogens with zero attached hydrogens (tertiary/aromatic N) is 1. The maximum Gasteiger partial charge on any atom is 0.269 e. The normalized spacial score (nSPS) is 13.4. The monoisotopic (exact) mass is 345 g/mol. The second-order valence-corrected chi connectivity index (χ2v) is 6.47. The molecule has 134 valence electrons. The van der Waals surface area contributed by atoms with Crippen LogP contribution in [0.3, 0.4) is 0 Å². The molecule has 1 atom stereocenters. The summed E-state index contributed by atoms with van der Waals surface area (Å²) in [6.45, 7) is 3.80. The number of aliphatic hydroxyl groups is 1. The summed E-state index contributed by atoms with van der Waals surface area (Å²) in [5, 5.41) is 19.4. The fourth-order valence-corrected chi connectivity index (χ4v) is 3.09. The zero-order valence-electron chi connectivity index (χ0n) is 14.8. The minimum Gasteiger partial charge on any atom is -0.493 e. The molecule has 25 heavy (non-hydrogen) atoms. The number of hydrogen-bond donors (Lipinski definition) is 3. The number of rotatable bonds is 6. The third-order valence-corrected chi connectivity index (χ3v) is 4.64. The fourth-order valence-electron chi connectivity index (χ4n) is 3.09. The zero-order valence-corrected chi connectivity index (χ0v) is 14.8. The number of ether oxygens (including phenoxy) is 2. The maximum atomic E-state index is 12.6. The summed E-state index contributed by atoms with van der Waals surface area (Å²) in [4.78, 5) is 12.6. The van der Waals surface area contributed by atoms with E-state index in [0.717, 1.165) is 22.4 Å². The Bertz CT molecular complexity index is 798. The molecule has 0 spiro atoms. The molecule has 1 heterocycles. The van der Waals surface area contributed by atoms with Crippen molar-refractivity contribution in [1.82, 2.24) is 15.5 Å². The molecule has 1 aliphatic rings. The van der Waals surface area contributed by atoms with Gasteiger partial charge >= 0.3 is 0 Å². The van der Waals surface area contributed by atoms with Crippen LogP contribution in [0.4, 0.5) is 0 Å². The quantitative estimate of drug-likeness (QED) is 0.632. The van der Waals surface area contributed by atoms with E-state index in [1.807, 2.05) is 26.0 Å². The number of hydrogen-bond acceptors (Lipinski definition) is 5. The Hall–Kier alpha value is -2.54. The van der Waals surface area contributed by atoms with E-state index < -0.39 is 0 Å². The van der Waals surface area contributed by atoms with E-state index in [9.17, 15) is 9.90 Å². The van der Waals surface area contributed by atoms with Gasteiger partial charge in [-0.25, -0.2) is 0 Å². The first-order valence-corrected chi connectivity index (χ1v) is 8.24. The minimum absolute atomic E-state index is 0.103.